The minimum Gasteiger partial charge on any atom is -0.368 e. The Morgan fingerprint density at radius 1 is 1.29 bits per heavy atom. The van der Waals surface area contributed by atoms with E-state index in [0.29, 0.717) is 11.1 Å². The van der Waals surface area contributed by atoms with Gasteiger partial charge in [0.1, 0.15) is 0 Å². The minimum absolute atomic E-state index is 0.417. The molecule has 2 rings (SSSR count). The SMILES string of the molecule is CSc1nc(N)n(-c2ccccc2)n1. The van der Waals surface area contributed by atoms with Gasteiger partial charge in [-0.3, -0.25) is 0 Å². The number of hydrogen-bond acceptors (Lipinski definition) is 4. The topological polar surface area (TPSA) is 56.7 Å². The van der Waals surface area contributed by atoms with Crippen LogP contribution in [-0.4, -0.2) is 21.0 Å². The van der Waals surface area contributed by atoms with Crippen LogP contribution >= 0.6 is 11.8 Å². The monoisotopic (exact) mass is 206 g/mol. The van der Waals surface area contributed by atoms with Gasteiger partial charge >= 0.3 is 0 Å². The molecule has 0 spiro atoms. The Labute approximate surface area is 86.1 Å². The summed E-state index contributed by atoms with van der Waals surface area (Å²) < 4.78 is 1.63. The summed E-state index contributed by atoms with van der Waals surface area (Å²) in [6.45, 7) is 0. The number of rotatable bonds is 2. The maximum Gasteiger partial charge on any atom is 0.224 e. The zero-order valence-corrected chi connectivity index (χ0v) is 8.53. The molecular weight excluding hydrogens is 196 g/mol. The molecule has 0 saturated carbocycles. The van der Waals surface area contributed by atoms with Crippen molar-refractivity contribution in [3.8, 4) is 5.69 Å². The smallest absolute Gasteiger partial charge is 0.224 e. The Kier molecular flexibility index (Phi) is 2.41. The highest BCUT2D eigenvalue weighted by atomic mass is 32.2. The molecule has 2 N–H and O–H groups in total. The lowest BCUT2D eigenvalue weighted by Gasteiger charge is -2.00. The van der Waals surface area contributed by atoms with Crippen LogP contribution < -0.4 is 5.73 Å². The van der Waals surface area contributed by atoms with Gasteiger partial charge in [0.25, 0.3) is 0 Å². The van der Waals surface area contributed by atoms with Gasteiger partial charge in [-0.25, -0.2) is 0 Å². The van der Waals surface area contributed by atoms with Crippen LogP contribution in [0.4, 0.5) is 5.95 Å². The second kappa shape index (κ2) is 3.71. The first-order valence-electron chi connectivity index (χ1n) is 4.13. The predicted octanol–water partition coefficient (Wildman–Crippen LogP) is 1.57. The largest absolute Gasteiger partial charge is 0.368 e. The van der Waals surface area contributed by atoms with Crippen LogP contribution in [0.2, 0.25) is 0 Å². The van der Waals surface area contributed by atoms with E-state index in [4.69, 9.17) is 5.73 Å². The van der Waals surface area contributed by atoms with Gasteiger partial charge in [-0.1, -0.05) is 30.0 Å². The lowest BCUT2D eigenvalue weighted by atomic mass is 10.3. The molecule has 0 saturated heterocycles. The fourth-order valence-electron chi connectivity index (χ4n) is 1.15. The van der Waals surface area contributed by atoms with E-state index in [-0.39, 0.29) is 0 Å². The first-order valence-corrected chi connectivity index (χ1v) is 5.35. The van der Waals surface area contributed by atoms with Crippen LogP contribution in [0, 0.1) is 0 Å². The summed E-state index contributed by atoms with van der Waals surface area (Å²) in [6.07, 6.45) is 1.92. The van der Waals surface area contributed by atoms with Crippen LogP contribution in [0.1, 0.15) is 0 Å². The van der Waals surface area contributed by atoms with E-state index in [1.807, 2.05) is 36.6 Å². The van der Waals surface area contributed by atoms with Gasteiger partial charge in [0.05, 0.1) is 5.69 Å². The van der Waals surface area contributed by atoms with E-state index in [1.165, 1.54) is 11.8 Å². The quantitative estimate of drug-likeness (QED) is 0.758. The zero-order chi connectivity index (χ0) is 9.97. The molecule has 0 aliphatic rings. The van der Waals surface area contributed by atoms with E-state index < -0.39 is 0 Å². The van der Waals surface area contributed by atoms with Crippen molar-refractivity contribution in [2.24, 2.45) is 0 Å². The second-order valence-electron chi connectivity index (χ2n) is 2.70. The lowest BCUT2D eigenvalue weighted by molar-refractivity contribution is 0.842. The molecule has 0 unspecified atom stereocenters. The van der Waals surface area contributed by atoms with Gasteiger partial charge < -0.3 is 5.73 Å². The maximum atomic E-state index is 5.72. The van der Waals surface area contributed by atoms with Crippen molar-refractivity contribution in [3.05, 3.63) is 30.3 Å². The average molecular weight is 206 g/mol. The van der Waals surface area contributed by atoms with Gasteiger partial charge in [0.15, 0.2) is 0 Å². The number of benzene rings is 1. The van der Waals surface area contributed by atoms with E-state index in [1.54, 1.807) is 4.68 Å². The van der Waals surface area contributed by atoms with Gasteiger partial charge in [-0.2, -0.15) is 9.67 Å². The van der Waals surface area contributed by atoms with Gasteiger partial charge in [-0.05, 0) is 18.4 Å². The third-order valence-corrected chi connectivity index (χ3v) is 2.33. The second-order valence-corrected chi connectivity index (χ2v) is 3.48. The normalized spacial score (nSPS) is 10.4. The highest BCUT2D eigenvalue weighted by Gasteiger charge is 2.06. The Hall–Kier alpha value is -1.49. The molecule has 1 aromatic heterocycles. The zero-order valence-electron chi connectivity index (χ0n) is 7.71. The molecule has 0 aliphatic carbocycles. The Bertz CT molecular complexity index is 424. The third kappa shape index (κ3) is 1.58. The maximum absolute atomic E-state index is 5.72. The van der Waals surface area contributed by atoms with E-state index in [0.717, 1.165) is 5.69 Å². The van der Waals surface area contributed by atoms with Crippen molar-refractivity contribution >= 4 is 17.7 Å². The molecule has 0 amide bonds. The van der Waals surface area contributed by atoms with E-state index in [9.17, 15) is 0 Å². The van der Waals surface area contributed by atoms with Crippen molar-refractivity contribution < 1.29 is 0 Å². The summed E-state index contributed by atoms with van der Waals surface area (Å²) >= 11 is 1.48. The fraction of sp³-hybridized carbons (Fsp3) is 0.111. The number of aromatic nitrogens is 3. The summed E-state index contributed by atoms with van der Waals surface area (Å²) in [4.78, 5) is 4.10. The summed E-state index contributed by atoms with van der Waals surface area (Å²) in [5.41, 5.74) is 6.65. The number of nitrogen functional groups attached to an aromatic ring is 1. The van der Waals surface area contributed by atoms with Gasteiger partial charge in [0, 0.05) is 0 Å². The minimum atomic E-state index is 0.417. The third-order valence-electron chi connectivity index (χ3n) is 1.80. The van der Waals surface area contributed by atoms with Crippen LogP contribution in [0.5, 0.6) is 0 Å². The van der Waals surface area contributed by atoms with Crippen molar-refractivity contribution in [3.63, 3.8) is 0 Å². The van der Waals surface area contributed by atoms with Crippen molar-refractivity contribution in [2.75, 3.05) is 12.0 Å². The molecular formula is C9H10N4S. The van der Waals surface area contributed by atoms with E-state index in [2.05, 4.69) is 10.1 Å². The van der Waals surface area contributed by atoms with Crippen LogP contribution in [-0.2, 0) is 0 Å². The Morgan fingerprint density at radius 2 is 2.00 bits per heavy atom. The fourth-order valence-corrected chi connectivity index (χ4v) is 1.50. The highest BCUT2D eigenvalue weighted by Crippen LogP contribution is 2.15. The molecule has 0 bridgehead atoms. The number of thioether (sulfide) groups is 1. The Morgan fingerprint density at radius 3 is 2.57 bits per heavy atom. The summed E-state index contributed by atoms with van der Waals surface area (Å²) in [7, 11) is 0. The van der Waals surface area contributed by atoms with Crippen molar-refractivity contribution in [2.45, 2.75) is 5.16 Å². The molecule has 1 heterocycles. The molecule has 72 valence electrons. The molecule has 14 heavy (non-hydrogen) atoms. The number of hydrogen-bond donors (Lipinski definition) is 1. The van der Waals surface area contributed by atoms with Gasteiger partial charge in [0.2, 0.25) is 11.1 Å². The summed E-state index contributed by atoms with van der Waals surface area (Å²) in [5, 5.41) is 4.93. The van der Waals surface area contributed by atoms with Crippen LogP contribution in [0.25, 0.3) is 5.69 Å². The average Bonchev–Trinajstić information content (AvgIpc) is 2.61. The first-order chi connectivity index (χ1) is 6.81. The molecule has 0 radical (unpaired) electrons. The van der Waals surface area contributed by atoms with Crippen molar-refractivity contribution in [1.82, 2.24) is 14.8 Å². The van der Waals surface area contributed by atoms with Crippen molar-refractivity contribution in [1.29, 1.82) is 0 Å². The lowest BCUT2D eigenvalue weighted by Crippen LogP contribution is -2.01. The standard InChI is InChI=1S/C9H10N4S/c1-14-9-11-8(10)13(12-9)7-5-3-2-4-6-7/h2-6H,1H3,(H2,10,11,12). The predicted molar refractivity (Wildman–Crippen MR) is 57.6 cm³/mol. The molecule has 0 fully saturated rings. The van der Waals surface area contributed by atoms with Crippen LogP contribution in [0.3, 0.4) is 0 Å². The molecule has 0 aliphatic heterocycles. The Balaban J connectivity index is 2.46. The van der Waals surface area contributed by atoms with E-state index >= 15 is 0 Å². The highest BCUT2D eigenvalue weighted by molar-refractivity contribution is 7.98. The number of anilines is 1. The van der Waals surface area contributed by atoms with Crippen LogP contribution in [0.15, 0.2) is 35.5 Å². The molecule has 1 aromatic carbocycles. The summed E-state index contributed by atoms with van der Waals surface area (Å²) in [6, 6.07) is 9.71. The first kappa shape index (κ1) is 9.08. The van der Waals surface area contributed by atoms with Gasteiger partial charge in [-0.15, -0.1) is 5.10 Å². The molecule has 0 atom stereocenters. The summed E-state index contributed by atoms with van der Waals surface area (Å²) in [5.74, 6) is 0.417. The number of nitrogens with zero attached hydrogens (tertiary/aromatic N) is 3. The molecule has 4 nitrogen and oxygen atoms in total. The molecule has 2 aromatic rings. The number of para-hydroxylation sites is 1. The number of nitrogens with two attached hydrogens (primary N) is 1. The molecule has 5 heteroatoms.